The van der Waals surface area contributed by atoms with Crippen molar-refractivity contribution in [1.29, 1.82) is 0 Å². The Morgan fingerprint density at radius 3 is 0.613 bits per heavy atom. The maximum absolute atomic E-state index is 14.1. The van der Waals surface area contributed by atoms with Crippen molar-refractivity contribution in [2.45, 2.75) is 116 Å². The molecular formula is C63H78O12. The summed E-state index contributed by atoms with van der Waals surface area (Å²) in [5.74, 6) is -0.0381. The van der Waals surface area contributed by atoms with E-state index in [1.54, 1.807) is 54.6 Å². The van der Waals surface area contributed by atoms with E-state index < -0.39 is 17.9 Å². The summed E-state index contributed by atoms with van der Waals surface area (Å²) in [5, 5.41) is 0. The van der Waals surface area contributed by atoms with E-state index in [9.17, 15) is 14.4 Å². The van der Waals surface area contributed by atoms with Gasteiger partial charge in [-0.15, -0.1) is 39.5 Å². The van der Waals surface area contributed by atoms with Crippen molar-refractivity contribution in [2.24, 2.45) is 0 Å². The highest BCUT2D eigenvalue weighted by Crippen LogP contribution is 2.33. The third-order valence-corrected chi connectivity index (χ3v) is 11.3. The van der Waals surface area contributed by atoms with Gasteiger partial charge in [-0.3, -0.25) is 0 Å². The molecule has 4 rings (SSSR count). The molecule has 0 amide bonds. The molecule has 0 saturated carbocycles. The average Bonchev–Trinajstić information content (AvgIpc) is 3.40. The normalized spacial score (nSPS) is 10.6. The number of allylic oxidation sites excluding steroid dienone is 6. The number of hydrogen-bond donors (Lipinski definition) is 0. The quantitative estimate of drug-likeness (QED) is 0.0181. The zero-order chi connectivity index (χ0) is 53.7. The molecule has 0 aliphatic carbocycles. The van der Waals surface area contributed by atoms with Crippen LogP contribution in [0.25, 0.3) is 0 Å². The Hall–Kier alpha value is -7.47. The second kappa shape index (κ2) is 36.5. The van der Waals surface area contributed by atoms with Gasteiger partial charge >= 0.3 is 17.9 Å². The molecule has 75 heavy (non-hydrogen) atoms. The van der Waals surface area contributed by atoms with Gasteiger partial charge in [-0.1, -0.05) is 36.5 Å². The highest BCUT2D eigenvalue weighted by Gasteiger charge is 2.20. The molecule has 0 spiro atoms. The minimum Gasteiger partial charge on any atom is -0.493 e. The summed E-state index contributed by atoms with van der Waals surface area (Å²) in [4.78, 5) is 42.4. The van der Waals surface area contributed by atoms with Crippen molar-refractivity contribution < 1.29 is 57.0 Å². The van der Waals surface area contributed by atoms with Gasteiger partial charge in [0.25, 0.3) is 0 Å². The van der Waals surface area contributed by atoms with Crippen LogP contribution in [0.5, 0.6) is 51.7 Å². The van der Waals surface area contributed by atoms with Crippen molar-refractivity contribution in [2.75, 3.05) is 39.6 Å². The number of ether oxygens (including phenoxy) is 9. The van der Waals surface area contributed by atoms with Gasteiger partial charge in [-0.25, -0.2) is 14.4 Å². The van der Waals surface area contributed by atoms with Gasteiger partial charge < -0.3 is 42.6 Å². The smallest absolute Gasteiger partial charge is 0.343 e. The van der Waals surface area contributed by atoms with E-state index >= 15 is 0 Å². The van der Waals surface area contributed by atoms with Crippen molar-refractivity contribution in [1.82, 2.24) is 0 Å². The monoisotopic (exact) mass is 1030 g/mol. The number of hydrogen-bond acceptors (Lipinski definition) is 12. The van der Waals surface area contributed by atoms with Crippen LogP contribution < -0.4 is 42.6 Å². The number of esters is 3. The fourth-order valence-corrected chi connectivity index (χ4v) is 7.27. The van der Waals surface area contributed by atoms with Crippen LogP contribution >= 0.6 is 0 Å². The third kappa shape index (κ3) is 24.4. The van der Waals surface area contributed by atoms with Gasteiger partial charge in [0.2, 0.25) is 0 Å². The highest BCUT2D eigenvalue weighted by atomic mass is 16.6. The molecule has 12 heteroatoms. The molecule has 0 bridgehead atoms. The van der Waals surface area contributed by atoms with Crippen molar-refractivity contribution in [3.8, 4) is 51.7 Å². The van der Waals surface area contributed by atoms with Crippen LogP contribution in [0.1, 0.15) is 147 Å². The molecule has 0 aromatic heterocycles. The van der Waals surface area contributed by atoms with Crippen molar-refractivity contribution in [3.63, 3.8) is 0 Å². The number of carbonyl (C=O) groups excluding carboxylic acids is 3. The van der Waals surface area contributed by atoms with Gasteiger partial charge in [-0.2, -0.15) is 0 Å². The Morgan fingerprint density at radius 1 is 0.267 bits per heavy atom. The van der Waals surface area contributed by atoms with Crippen LogP contribution in [0.4, 0.5) is 0 Å². The molecule has 4 aromatic rings. The van der Waals surface area contributed by atoms with Gasteiger partial charge in [0.05, 0.1) is 56.3 Å². The molecule has 0 aliphatic heterocycles. The summed E-state index contributed by atoms with van der Waals surface area (Å²) < 4.78 is 54.4. The van der Waals surface area contributed by atoms with Crippen LogP contribution in [0.3, 0.4) is 0 Å². The number of rotatable bonds is 42. The zero-order valence-electron chi connectivity index (χ0n) is 44.0. The van der Waals surface area contributed by atoms with Crippen LogP contribution in [0.15, 0.2) is 149 Å². The van der Waals surface area contributed by atoms with Gasteiger partial charge in [0.1, 0.15) is 51.7 Å². The second-order valence-electron chi connectivity index (χ2n) is 17.7. The van der Waals surface area contributed by atoms with E-state index in [1.165, 1.54) is 18.2 Å². The van der Waals surface area contributed by atoms with Crippen LogP contribution in [-0.2, 0) is 0 Å². The van der Waals surface area contributed by atoms with E-state index in [-0.39, 0.29) is 33.9 Å². The first-order valence-corrected chi connectivity index (χ1v) is 26.4. The lowest BCUT2D eigenvalue weighted by Crippen LogP contribution is -2.13. The molecule has 0 radical (unpaired) electrons. The van der Waals surface area contributed by atoms with E-state index in [4.69, 9.17) is 42.6 Å². The Morgan fingerprint density at radius 2 is 0.440 bits per heavy atom. The van der Waals surface area contributed by atoms with Crippen LogP contribution in [0.2, 0.25) is 0 Å². The maximum atomic E-state index is 14.1. The van der Waals surface area contributed by atoms with E-state index in [2.05, 4.69) is 39.5 Å². The molecule has 0 atom stereocenters. The Bertz CT molecular complexity index is 2050. The fraction of sp³-hybridized carbons (Fsp3) is 0.381. The summed E-state index contributed by atoms with van der Waals surface area (Å²) in [7, 11) is 0. The summed E-state index contributed by atoms with van der Waals surface area (Å²) in [6.07, 6.45) is 26.3. The van der Waals surface area contributed by atoms with E-state index in [1.807, 2.05) is 36.5 Å². The minimum absolute atomic E-state index is 0.0870. The van der Waals surface area contributed by atoms with Gasteiger partial charge in [-0.05, 0) is 152 Å². The van der Waals surface area contributed by atoms with Crippen molar-refractivity contribution >= 4 is 17.9 Å². The number of benzene rings is 4. The maximum Gasteiger partial charge on any atom is 0.343 e. The average molecular weight is 1030 g/mol. The minimum atomic E-state index is -0.773. The molecule has 0 N–H and O–H groups in total. The molecule has 0 heterocycles. The predicted molar refractivity (Wildman–Crippen MR) is 298 cm³/mol. The second-order valence-corrected chi connectivity index (χ2v) is 17.7. The number of carbonyl (C=O) groups is 3. The molecule has 0 saturated heterocycles. The first-order chi connectivity index (χ1) is 36.7. The molecule has 4 aromatic carbocycles. The standard InChI is InChI=1S/C63H78O12/c1-7-13-19-25-31-67-52-37-49(38-53(43-52)68-32-26-20-14-8-2)61(64)73-58-46-59(74-62(65)50-39-54(69-33-27-21-15-9-3)44-55(40-50)70-34-28-22-16-10-4)48-60(47-58)75-63(66)51-41-56(71-35-29-23-17-11-5)45-57(42-51)72-36-30-24-18-12-6/h7-12,37-48H,1-6,13-36H2. The Kier molecular flexibility index (Phi) is 29.2. The lowest BCUT2D eigenvalue weighted by molar-refractivity contribution is 0.0728. The molecular weight excluding hydrogens is 949 g/mol. The topological polar surface area (TPSA) is 134 Å². The van der Waals surface area contributed by atoms with Crippen LogP contribution in [0, 0.1) is 0 Å². The zero-order valence-corrected chi connectivity index (χ0v) is 44.0. The van der Waals surface area contributed by atoms with Crippen molar-refractivity contribution in [3.05, 3.63) is 165 Å². The number of unbranched alkanes of at least 4 members (excludes halogenated alkanes) is 12. The fourth-order valence-electron chi connectivity index (χ4n) is 7.27. The predicted octanol–water partition coefficient (Wildman–Crippen LogP) is 15.8. The van der Waals surface area contributed by atoms with Gasteiger partial charge in [0, 0.05) is 36.4 Å². The SMILES string of the molecule is C=CCCCCOc1cc(OCCCCC=C)cc(C(=O)Oc2cc(OC(=O)c3cc(OCCCCC=C)cc(OCCCCC=C)c3)cc(OC(=O)c3cc(OCCCCC=C)cc(OCCCCC=C)c3)c2)c1. The van der Waals surface area contributed by atoms with E-state index in [0.29, 0.717) is 74.1 Å². The molecule has 402 valence electrons. The first kappa shape index (κ1) is 60.1. The largest absolute Gasteiger partial charge is 0.493 e. The van der Waals surface area contributed by atoms with Gasteiger partial charge in [0.15, 0.2) is 0 Å². The first-order valence-electron chi connectivity index (χ1n) is 26.4. The highest BCUT2D eigenvalue weighted by molar-refractivity contribution is 5.94. The summed E-state index contributed by atoms with van der Waals surface area (Å²) in [5.41, 5.74) is 0.409. The summed E-state index contributed by atoms with van der Waals surface area (Å²) >= 11 is 0. The van der Waals surface area contributed by atoms with Crippen LogP contribution in [-0.4, -0.2) is 57.5 Å². The lowest BCUT2D eigenvalue weighted by atomic mass is 10.2. The Labute approximate surface area is 445 Å². The lowest BCUT2D eigenvalue weighted by Gasteiger charge is -2.15. The molecule has 0 fully saturated rings. The molecule has 0 aliphatic rings. The van der Waals surface area contributed by atoms with E-state index in [0.717, 1.165) is 116 Å². The summed E-state index contributed by atoms with van der Waals surface area (Å²) in [6, 6.07) is 18.7. The summed E-state index contributed by atoms with van der Waals surface area (Å²) in [6.45, 7) is 25.2. The molecule has 12 nitrogen and oxygen atoms in total. The third-order valence-electron chi connectivity index (χ3n) is 11.3. The Balaban J connectivity index is 1.71. The molecule has 0 unspecified atom stereocenters.